The third-order valence-corrected chi connectivity index (χ3v) is 4.65. The van der Waals surface area contributed by atoms with Gasteiger partial charge in [-0.05, 0) is 31.2 Å². The van der Waals surface area contributed by atoms with Gasteiger partial charge in [-0.1, -0.05) is 18.2 Å². The Morgan fingerprint density at radius 3 is 2.73 bits per heavy atom. The van der Waals surface area contributed by atoms with Gasteiger partial charge >= 0.3 is 5.97 Å². The summed E-state index contributed by atoms with van der Waals surface area (Å²) in [5.41, 5.74) is 0.557. The van der Waals surface area contributed by atoms with Gasteiger partial charge in [-0.15, -0.1) is 11.8 Å². The molecule has 3 rings (SSSR count). The van der Waals surface area contributed by atoms with Crippen LogP contribution in [0.2, 0.25) is 0 Å². The maximum atomic E-state index is 12.2. The normalized spacial score (nSPS) is 13.1. The predicted molar refractivity (Wildman–Crippen MR) is 98.5 cm³/mol. The Kier molecular flexibility index (Phi) is 6.01. The third-order valence-electron chi connectivity index (χ3n) is 3.64. The smallest absolute Gasteiger partial charge is 0.307 e. The molecule has 0 aliphatic carbocycles. The van der Waals surface area contributed by atoms with E-state index in [1.54, 1.807) is 36.9 Å². The molecule has 2 aromatic carbocycles. The van der Waals surface area contributed by atoms with E-state index in [2.05, 4.69) is 5.32 Å². The molecule has 1 atom stereocenters. The predicted octanol–water partition coefficient (Wildman–Crippen LogP) is 3.47. The highest BCUT2D eigenvalue weighted by atomic mass is 32.2. The standard InChI is InChI=1S/C19H19NO5S/c1-13(25-18(21)9-10-26-15-5-3-2-4-6-15)19(22)20-14-7-8-16-17(11-14)24-12-23-16/h2-8,11,13H,9-10,12H2,1H3,(H,20,22)/t13-/m1/s1. The lowest BCUT2D eigenvalue weighted by atomic mass is 10.2. The molecule has 0 aromatic heterocycles. The molecular weight excluding hydrogens is 354 g/mol. The molecule has 0 fully saturated rings. The number of fused-ring (bicyclic) bond motifs is 1. The highest BCUT2D eigenvalue weighted by Crippen LogP contribution is 2.34. The first-order valence-corrected chi connectivity index (χ1v) is 9.18. The number of ether oxygens (including phenoxy) is 3. The van der Waals surface area contributed by atoms with Crippen molar-refractivity contribution in [2.75, 3.05) is 17.9 Å². The van der Waals surface area contributed by atoms with Gasteiger partial charge in [0.25, 0.3) is 5.91 Å². The fourth-order valence-electron chi connectivity index (χ4n) is 2.30. The molecule has 1 N–H and O–H groups in total. The van der Waals surface area contributed by atoms with E-state index in [1.807, 2.05) is 30.3 Å². The Hall–Kier alpha value is -2.67. The number of anilines is 1. The lowest BCUT2D eigenvalue weighted by molar-refractivity contribution is -0.152. The van der Waals surface area contributed by atoms with Crippen LogP contribution in [0, 0.1) is 0 Å². The average molecular weight is 373 g/mol. The molecular formula is C19H19NO5S. The number of hydrogen-bond acceptors (Lipinski definition) is 6. The minimum atomic E-state index is -0.880. The van der Waals surface area contributed by atoms with E-state index in [-0.39, 0.29) is 13.2 Å². The summed E-state index contributed by atoms with van der Waals surface area (Å²) in [4.78, 5) is 25.2. The van der Waals surface area contributed by atoms with Crippen molar-refractivity contribution < 1.29 is 23.8 Å². The van der Waals surface area contributed by atoms with Gasteiger partial charge < -0.3 is 19.5 Å². The number of benzene rings is 2. The number of carbonyl (C=O) groups is 2. The van der Waals surface area contributed by atoms with Gasteiger partial charge in [0.15, 0.2) is 17.6 Å². The Balaban J connectivity index is 1.42. The second-order valence-corrected chi connectivity index (χ2v) is 6.77. The van der Waals surface area contributed by atoms with Gasteiger partial charge in [-0.3, -0.25) is 9.59 Å². The van der Waals surface area contributed by atoms with Gasteiger partial charge in [0.2, 0.25) is 6.79 Å². The average Bonchev–Trinajstić information content (AvgIpc) is 3.10. The van der Waals surface area contributed by atoms with Gasteiger partial charge in [0.05, 0.1) is 6.42 Å². The van der Waals surface area contributed by atoms with Crippen LogP contribution in [-0.2, 0) is 14.3 Å². The molecule has 2 aromatic rings. The lowest BCUT2D eigenvalue weighted by Gasteiger charge is -2.13. The van der Waals surface area contributed by atoms with Crippen molar-refractivity contribution in [1.82, 2.24) is 0 Å². The fourth-order valence-corrected chi connectivity index (χ4v) is 3.15. The monoisotopic (exact) mass is 373 g/mol. The van der Waals surface area contributed by atoms with Gasteiger partial charge in [0.1, 0.15) is 0 Å². The molecule has 26 heavy (non-hydrogen) atoms. The second kappa shape index (κ2) is 8.62. The summed E-state index contributed by atoms with van der Waals surface area (Å²) in [6.07, 6.45) is -0.643. The van der Waals surface area contributed by atoms with Crippen LogP contribution in [0.25, 0.3) is 0 Å². The minimum Gasteiger partial charge on any atom is -0.454 e. The summed E-state index contributed by atoms with van der Waals surface area (Å²) in [5, 5.41) is 2.70. The molecule has 7 heteroatoms. The van der Waals surface area contributed by atoms with E-state index in [0.717, 1.165) is 4.90 Å². The molecule has 1 aliphatic rings. The van der Waals surface area contributed by atoms with E-state index in [1.165, 1.54) is 0 Å². The first-order valence-electron chi connectivity index (χ1n) is 8.19. The number of hydrogen-bond donors (Lipinski definition) is 1. The van der Waals surface area contributed by atoms with E-state index in [4.69, 9.17) is 14.2 Å². The van der Waals surface area contributed by atoms with E-state index in [0.29, 0.717) is 22.9 Å². The van der Waals surface area contributed by atoms with Crippen LogP contribution in [0.1, 0.15) is 13.3 Å². The van der Waals surface area contributed by atoms with Crippen molar-refractivity contribution in [3.8, 4) is 11.5 Å². The second-order valence-electron chi connectivity index (χ2n) is 5.60. The topological polar surface area (TPSA) is 73.9 Å². The van der Waals surface area contributed by atoms with Gasteiger partial charge in [-0.2, -0.15) is 0 Å². The number of nitrogens with one attached hydrogen (secondary N) is 1. The van der Waals surface area contributed by atoms with E-state index >= 15 is 0 Å². The highest BCUT2D eigenvalue weighted by molar-refractivity contribution is 7.99. The van der Waals surface area contributed by atoms with Crippen LogP contribution < -0.4 is 14.8 Å². The number of thioether (sulfide) groups is 1. The largest absolute Gasteiger partial charge is 0.454 e. The molecule has 0 bridgehead atoms. The molecule has 0 spiro atoms. The zero-order valence-corrected chi connectivity index (χ0v) is 15.1. The van der Waals surface area contributed by atoms with E-state index < -0.39 is 18.0 Å². The van der Waals surface area contributed by atoms with Crippen molar-refractivity contribution in [2.24, 2.45) is 0 Å². The molecule has 136 valence electrons. The summed E-state index contributed by atoms with van der Waals surface area (Å²) in [5.74, 6) is 1.01. The molecule has 1 amide bonds. The summed E-state index contributed by atoms with van der Waals surface area (Å²) in [6, 6.07) is 14.9. The first kappa shape index (κ1) is 18.1. The van der Waals surface area contributed by atoms with Crippen LogP contribution in [0.5, 0.6) is 11.5 Å². The molecule has 6 nitrogen and oxygen atoms in total. The first-order chi connectivity index (χ1) is 12.6. The Morgan fingerprint density at radius 1 is 1.15 bits per heavy atom. The van der Waals surface area contributed by atoms with Crippen molar-refractivity contribution in [3.05, 3.63) is 48.5 Å². The maximum Gasteiger partial charge on any atom is 0.307 e. The summed E-state index contributed by atoms with van der Waals surface area (Å²) < 4.78 is 15.7. The molecule has 1 heterocycles. The summed E-state index contributed by atoms with van der Waals surface area (Å²) >= 11 is 1.57. The summed E-state index contributed by atoms with van der Waals surface area (Å²) in [6.45, 7) is 1.71. The van der Waals surface area contributed by atoms with Crippen molar-refractivity contribution >= 4 is 29.3 Å². The maximum absolute atomic E-state index is 12.2. The Morgan fingerprint density at radius 2 is 1.92 bits per heavy atom. The van der Waals surface area contributed by atoms with Crippen LogP contribution in [0.3, 0.4) is 0 Å². The highest BCUT2D eigenvalue weighted by Gasteiger charge is 2.19. The zero-order valence-electron chi connectivity index (χ0n) is 14.3. The quantitative estimate of drug-likeness (QED) is 0.592. The number of esters is 1. The van der Waals surface area contributed by atoms with Crippen molar-refractivity contribution in [3.63, 3.8) is 0 Å². The lowest BCUT2D eigenvalue weighted by Crippen LogP contribution is -2.30. The van der Waals surface area contributed by atoms with E-state index in [9.17, 15) is 9.59 Å². The minimum absolute atomic E-state index is 0.168. The SMILES string of the molecule is C[C@@H](OC(=O)CCSc1ccccc1)C(=O)Nc1ccc2c(c1)OCO2. The molecule has 0 saturated heterocycles. The van der Waals surface area contributed by atoms with Crippen LogP contribution >= 0.6 is 11.8 Å². The zero-order chi connectivity index (χ0) is 18.4. The van der Waals surface area contributed by atoms with Crippen molar-refractivity contribution in [1.29, 1.82) is 0 Å². The number of rotatable bonds is 7. The number of carbonyl (C=O) groups excluding carboxylic acids is 2. The van der Waals surface area contributed by atoms with Gasteiger partial charge in [0, 0.05) is 22.4 Å². The van der Waals surface area contributed by atoms with Gasteiger partial charge in [-0.25, -0.2) is 0 Å². The molecule has 0 radical (unpaired) electrons. The summed E-state index contributed by atoms with van der Waals surface area (Å²) in [7, 11) is 0. The molecule has 1 aliphatic heterocycles. The number of amides is 1. The van der Waals surface area contributed by atoms with Crippen LogP contribution in [0.15, 0.2) is 53.4 Å². The fraction of sp³-hybridized carbons (Fsp3) is 0.263. The van der Waals surface area contributed by atoms with Crippen LogP contribution in [-0.4, -0.2) is 30.5 Å². The molecule has 0 unspecified atom stereocenters. The third kappa shape index (κ3) is 4.92. The Labute approximate surface area is 155 Å². The Bertz CT molecular complexity index is 781. The molecule has 0 saturated carbocycles. The van der Waals surface area contributed by atoms with Crippen LogP contribution in [0.4, 0.5) is 5.69 Å². The van der Waals surface area contributed by atoms with Crippen molar-refractivity contribution in [2.45, 2.75) is 24.3 Å².